The van der Waals surface area contributed by atoms with E-state index in [0.29, 0.717) is 24.6 Å². The highest BCUT2D eigenvalue weighted by Gasteiger charge is 2.33. The van der Waals surface area contributed by atoms with Crippen molar-refractivity contribution in [2.75, 3.05) is 31.9 Å². The fourth-order valence-corrected chi connectivity index (χ4v) is 4.53. The van der Waals surface area contributed by atoms with Crippen LogP contribution in [0.2, 0.25) is 0 Å². The van der Waals surface area contributed by atoms with Crippen LogP contribution in [0.5, 0.6) is 0 Å². The number of anilines is 1. The molecule has 7 heteroatoms. The highest BCUT2D eigenvalue weighted by Crippen LogP contribution is 2.26. The number of piperidine rings is 2. The van der Waals surface area contributed by atoms with E-state index in [-0.39, 0.29) is 23.5 Å². The van der Waals surface area contributed by atoms with Gasteiger partial charge in [0.25, 0.3) is 0 Å². The van der Waals surface area contributed by atoms with E-state index < -0.39 is 0 Å². The van der Waals surface area contributed by atoms with Crippen LogP contribution in [-0.2, 0) is 11.3 Å². The summed E-state index contributed by atoms with van der Waals surface area (Å²) in [7, 11) is 0. The van der Waals surface area contributed by atoms with Crippen molar-refractivity contribution in [1.29, 1.82) is 0 Å². The number of Topliss-reactive ketones (excluding diaryl/α,β-unsaturated/α-hetero) is 1. The number of rotatable bonds is 5. The second kappa shape index (κ2) is 9.34. The first-order valence-corrected chi connectivity index (χ1v) is 10.8. The average Bonchev–Trinajstić information content (AvgIpc) is 2.79. The lowest BCUT2D eigenvalue weighted by Crippen LogP contribution is -2.46. The summed E-state index contributed by atoms with van der Waals surface area (Å²) in [4.78, 5) is 38.1. The number of hydrogen-bond acceptors (Lipinski definition) is 6. The van der Waals surface area contributed by atoms with Crippen LogP contribution in [0.1, 0.15) is 41.7 Å². The molecule has 0 radical (unpaired) electrons. The summed E-state index contributed by atoms with van der Waals surface area (Å²) < 4.78 is 0. The molecule has 2 aliphatic heterocycles. The van der Waals surface area contributed by atoms with Crippen LogP contribution in [0.4, 0.5) is 5.82 Å². The van der Waals surface area contributed by atoms with Crippen molar-refractivity contribution in [3.8, 4) is 0 Å². The molecule has 4 heterocycles. The van der Waals surface area contributed by atoms with Gasteiger partial charge in [-0.2, -0.15) is 0 Å². The molecule has 2 fully saturated rings. The monoisotopic (exact) mass is 407 g/mol. The van der Waals surface area contributed by atoms with Crippen LogP contribution in [0.25, 0.3) is 0 Å². The summed E-state index contributed by atoms with van der Waals surface area (Å²) in [6.07, 6.45) is 6.61. The van der Waals surface area contributed by atoms with E-state index in [4.69, 9.17) is 5.73 Å². The molecule has 0 bridgehead atoms. The minimum Gasteiger partial charge on any atom is -0.384 e. The Kier molecular flexibility index (Phi) is 6.38. The van der Waals surface area contributed by atoms with Crippen molar-refractivity contribution >= 4 is 17.5 Å². The highest BCUT2D eigenvalue weighted by molar-refractivity contribution is 5.96. The number of carbonyl (C=O) groups is 2. The zero-order valence-electron chi connectivity index (χ0n) is 17.2. The second-order valence-corrected chi connectivity index (χ2v) is 8.32. The molecule has 2 saturated heterocycles. The Bertz CT molecular complexity index is 872. The van der Waals surface area contributed by atoms with Crippen LogP contribution in [0.15, 0.2) is 42.7 Å². The third-order valence-corrected chi connectivity index (χ3v) is 6.28. The molecule has 30 heavy (non-hydrogen) atoms. The number of amides is 1. The summed E-state index contributed by atoms with van der Waals surface area (Å²) in [6, 6.07) is 9.33. The standard InChI is InChI=1S/C23H29N5O2/c24-21-15-17(4-10-26-21)16-27-11-5-19(6-12-27)23(30)28-13-7-18(8-14-28)22(29)20-3-1-2-9-25-20/h1-4,9-10,15,18-19H,5-8,11-14,16H2,(H2,24,26). The molecule has 4 rings (SSSR count). The first-order chi connectivity index (χ1) is 14.6. The predicted octanol–water partition coefficient (Wildman–Crippen LogP) is 2.39. The fraction of sp³-hybridized carbons (Fsp3) is 0.478. The Labute approximate surface area is 177 Å². The van der Waals surface area contributed by atoms with Crippen LogP contribution < -0.4 is 5.73 Å². The summed E-state index contributed by atoms with van der Waals surface area (Å²) >= 11 is 0. The number of carbonyl (C=O) groups excluding carboxylic acids is 2. The van der Waals surface area contributed by atoms with Gasteiger partial charge in [0.2, 0.25) is 5.91 Å². The number of nitrogen functional groups attached to an aromatic ring is 1. The van der Waals surface area contributed by atoms with Gasteiger partial charge in [0.05, 0.1) is 0 Å². The molecule has 2 N–H and O–H groups in total. The normalized spacial score (nSPS) is 19.0. The van der Waals surface area contributed by atoms with Crippen molar-refractivity contribution in [3.05, 3.63) is 54.0 Å². The number of nitrogens with zero attached hydrogens (tertiary/aromatic N) is 4. The molecule has 0 unspecified atom stereocenters. The third-order valence-electron chi connectivity index (χ3n) is 6.28. The Morgan fingerprint density at radius 1 is 0.933 bits per heavy atom. The van der Waals surface area contributed by atoms with E-state index in [1.54, 1.807) is 18.5 Å². The zero-order chi connectivity index (χ0) is 20.9. The summed E-state index contributed by atoms with van der Waals surface area (Å²) in [5, 5.41) is 0. The van der Waals surface area contributed by atoms with E-state index in [0.717, 1.165) is 50.9 Å². The smallest absolute Gasteiger partial charge is 0.225 e. The van der Waals surface area contributed by atoms with Gasteiger partial charge in [-0.05, 0) is 68.6 Å². The quantitative estimate of drug-likeness (QED) is 0.765. The van der Waals surface area contributed by atoms with Gasteiger partial charge in [-0.15, -0.1) is 0 Å². The Morgan fingerprint density at radius 2 is 1.67 bits per heavy atom. The molecule has 0 aromatic carbocycles. The Morgan fingerprint density at radius 3 is 2.33 bits per heavy atom. The zero-order valence-corrected chi connectivity index (χ0v) is 17.2. The van der Waals surface area contributed by atoms with Crippen molar-refractivity contribution in [1.82, 2.24) is 19.8 Å². The Hall–Kier alpha value is -2.80. The molecular formula is C23H29N5O2. The topological polar surface area (TPSA) is 92.4 Å². The number of likely N-dealkylation sites (tertiary alicyclic amines) is 2. The summed E-state index contributed by atoms with van der Waals surface area (Å²) in [6.45, 7) is 3.99. The molecule has 0 spiro atoms. The van der Waals surface area contributed by atoms with E-state index in [1.165, 1.54) is 0 Å². The van der Waals surface area contributed by atoms with Gasteiger partial charge in [-0.1, -0.05) is 6.07 Å². The molecular weight excluding hydrogens is 378 g/mol. The van der Waals surface area contributed by atoms with Crippen LogP contribution in [0.3, 0.4) is 0 Å². The molecule has 2 aliphatic rings. The number of pyridine rings is 2. The van der Waals surface area contributed by atoms with Gasteiger partial charge in [0.15, 0.2) is 5.78 Å². The van der Waals surface area contributed by atoms with E-state index in [2.05, 4.69) is 14.9 Å². The summed E-state index contributed by atoms with van der Waals surface area (Å²) in [5.41, 5.74) is 7.46. The minimum atomic E-state index is -0.0291. The van der Waals surface area contributed by atoms with Crippen molar-refractivity contribution in [2.45, 2.75) is 32.2 Å². The van der Waals surface area contributed by atoms with Gasteiger partial charge in [0.1, 0.15) is 11.5 Å². The molecule has 158 valence electrons. The third kappa shape index (κ3) is 4.84. The minimum absolute atomic E-state index is 0.0291. The van der Waals surface area contributed by atoms with Crippen molar-refractivity contribution in [2.24, 2.45) is 11.8 Å². The van der Waals surface area contributed by atoms with Crippen LogP contribution in [0, 0.1) is 11.8 Å². The van der Waals surface area contributed by atoms with Gasteiger partial charge in [-0.3, -0.25) is 19.5 Å². The molecule has 7 nitrogen and oxygen atoms in total. The number of nitrogens with two attached hydrogens (primary N) is 1. The molecule has 0 atom stereocenters. The fourth-order valence-electron chi connectivity index (χ4n) is 4.53. The lowest BCUT2D eigenvalue weighted by molar-refractivity contribution is -0.138. The lowest BCUT2D eigenvalue weighted by Gasteiger charge is -2.37. The van der Waals surface area contributed by atoms with Crippen molar-refractivity contribution < 1.29 is 9.59 Å². The van der Waals surface area contributed by atoms with Gasteiger partial charge >= 0.3 is 0 Å². The lowest BCUT2D eigenvalue weighted by atomic mass is 9.89. The number of aromatic nitrogens is 2. The summed E-state index contributed by atoms with van der Waals surface area (Å²) in [5.74, 6) is 0.965. The molecule has 2 aromatic rings. The number of ketones is 1. The molecule has 0 saturated carbocycles. The van der Waals surface area contributed by atoms with Crippen molar-refractivity contribution in [3.63, 3.8) is 0 Å². The van der Waals surface area contributed by atoms with E-state index in [1.807, 2.05) is 29.2 Å². The van der Waals surface area contributed by atoms with Gasteiger partial charge in [0, 0.05) is 43.9 Å². The predicted molar refractivity (Wildman–Crippen MR) is 115 cm³/mol. The first kappa shape index (κ1) is 20.5. The maximum atomic E-state index is 13.0. The maximum absolute atomic E-state index is 13.0. The highest BCUT2D eigenvalue weighted by atomic mass is 16.2. The molecule has 2 aromatic heterocycles. The Balaban J connectivity index is 1.24. The maximum Gasteiger partial charge on any atom is 0.225 e. The van der Waals surface area contributed by atoms with Gasteiger partial charge < -0.3 is 10.6 Å². The molecule has 0 aliphatic carbocycles. The second-order valence-electron chi connectivity index (χ2n) is 8.32. The van der Waals surface area contributed by atoms with Crippen LogP contribution in [-0.4, -0.2) is 57.6 Å². The SMILES string of the molecule is Nc1cc(CN2CCC(C(=O)N3CCC(C(=O)c4ccccn4)CC3)CC2)ccn1. The average molecular weight is 408 g/mol. The van der Waals surface area contributed by atoms with E-state index >= 15 is 0 Å². The molecule has 1 amide bonds. The first-order valence-electron chi connectivity index (χ1n) is 10.8. The van der Waals surface area contributed by atoms with Gasteiger partial charge in [-0.25, -0.2) is 4.98 Å². The van der Waals surface area contributed by atoms with E-state index in [9.17, 15) is 9.59 Å². The number of hydrogen-bond donors (Lipinski definition) is 1. The van der Waals surface area contributed by atoms with Crippen LogP contribution >= 0.6 is 0 Å². The largest absolute Gasteiger partial charge is 0.384 e.